The van der Waals surface area contributed by atoms with E-state index in [-0.39, 0.29) is 14.8 Å². The molecule has 3 rings (SSSR count). The Morgan fingerprint density at radius 1 is 0.762 bits per heavy atom. The number of fused-ring (bicyclic) bond motifs is 1. The quantitative estimate of drug-likeness (QED) is 0.661. The van der Waals surface area contributed by atoms with E-state index in [9.17, 15) is 8.42 Å². The van der Waals surface area contributed by atoms with E-state index in [2.05, 4.69) is 0 Å². The van der Waals surface area contributed by atoms with Gasteiger partial charge in [0.05, 0.1) is 14.8 Å². The van der Waals surface area contributed by atoms with Crippen LogP contribution in [0.2, 0.25) is 10.0 Å². The fourth-order valence-electron chi connectivity index (χ4n) is 2.14. The van der Waals surface area contributed by atoms with Gasteiger partial charge in [0.1, 0.15) is 0 Å². The van der Waals surface area contributed by atoms with Crippen LogP contribution in [-0.4, -0.2) is 8.42 Å². The first-order chi connectivity index (χ1) is 9.98. The van der Waals surface area contributed by atoms with Gasteiger partial charge in [-0.25, -0.2) is 8.42 Å². The molecule has 0 unspecified atom stereocenters. The Bertz CT molecular complexity index is 934. The van der Waals surface area contributed by atoms with Crippen molar-refractivity contribution in [1.29, 1.82) is 0 Å². The molecule has 0 fully saturated rings. The second-order valence-electron chi connectivity index (χ2n) is 4.59. The standard InChI is InChI=1S/C16H10Cl2O2S/c17-13-6-8-15(18)16(10-13)21(19,20)14-7-5-11-3-1-2-4-12(11)9-14/h1-10H. The molecule has 0 spiro atoms. The molecule has 2 nitrogen and oxygen atoms in total. The number of halogens is 2. The second kappa shape index (κ2) is 5.34. The highest BCUT2D eigenvalue weighted by Gasteiger charge is 2.21. The van der Waals surface area contributed by atoms with E-state index in [0.29, 0.717) is 5.02 Å². The zero-order chi connectivity index (χ0) is 15.0. The van der Waals surface area contributed by atoms with Crippen LogP contribution in [0.25, 0.3) is 10.8 Å². The maximum Gasteiger partial charge on any atom is 0.208 e. The SMILES string of the molecule is O=S(=O)(c1ccc2ccccc2c1)c1cc(Cl)ccc1Cl. The zero-order valence-corrected chi connectivity index (χ0v) is 13.1. The Morgan fingerprint density at radius 2 is 1.48 bits per heavy atom. The number of hydrogen-bond acceptors (Lipinski definition) is 2. The molecule has 3 aromatic rings. The molecule has 0 atom stereocenters. The van der Waals surface area contributed by atoms with Crippen LogP contribution in [0.5, 0.6) is 0 Å². The van der Waals surface area contributed by atoms with Crippen LogP contribution in [0.1, 0.15) is 0 Å². The van der Waals surface area contributed by atoms with Crippen LogP contribution in [0.4, 0.5) is 0 Å². The Hall–Kier alpha value is -1.55. The summed E-state index contributed by atoms with van der Waals surface area (Å²) in [5, 5.41) is 2.33. The molecular formula is C16H10Cl2O2S. The summed E-state index contributed by atoms with van der Waals surface area (Å²) in [5.74, 6) is 0. The zero-order valence-electron chi connectivity index (χ0n) is 10.8. The molecule has 106 valence electrons. The number of sulfone groups is 1. The molecule has 0 saturated heterocycles. The molecule has 0 bridgehead atoms. The highest BCUT2D eigenvalue weighted by molar-refractivity contribution is 7.91. The molecule has 0 aliphatic rings. The average Bonchev–Trinajstić information content (AvgIpc) is 2.49. The van der Waals surface area contributed by atoms with E-state index in [1.165, 1.54) is 12.1 Å². The minimum atomic E-state index is -3.70. The lowest BCUT2D eigenvalue weighted by molar-refractivity contribution is 0.596. The lowest BCUT2D eigenvalue weighted by Gasteiger charge is -2.08. The molecule has 0 aliphatic heterocycles. The third kappa shape index (κ3) is 2.64. The largest absolute Gasteiger partial charge is 0.218 e. The molecule has 5 heteroatoms. The van der Waals surface area contributed by atoms with Crippen LogP contribution in [0.3, 0.4) is 0 Å². The molecule has 21 heavy (non-hydrogen) atoms. The Labute approximate surface area is 132 Å². The van der Waals surface area contributed by atoms with E-state index in [1.54, 1.807) is 24.3 Å². The molecule has 0 heterocycles. The maximum absolute atomic E-state index is 12.7. The molecule has 0 aliphatic carbocycles. The van der Waals surface area contributed by atoms with Gasteiger partial charge in [0.2, 0.25) is 9.84 Å². The summed E-state index contributed by atoms with van der Waals surface area (Å²) in [6.07, 6.45) is 0. The van der Waals surface area contributed by atoms with Gasteiger partial charge in [-0.15, -0.1) is 0 Å². The van der Waals surface area contributed by atoms with Crippen molar-refractivity contribution in [1.82, 2.24) is 0 Å². The monoisotopic (exact) mass is 336 g/mol. The van der Waals surface area contributed by atoms with Gasteiger partial charge in [-0.3, -0.25) is 0 Å². The van der Waals surface area contributed by atoms with Crippen LogP contribution in [0.15, 0.2) is 70.5 Å². The Kier molecular flexibility index (Phi) is 3.66. The van der Waals surface area contributed by atoms with Gasteiger partial charge < -0.3 is 0 Å². The first-order valence-corrected chi connectivity index (χ1v) is 8.41. The van der Waals surface area contributed by atoms with E-state index in [1.807, 2.05) is 24.3 Å². The third-order valence-electron chi connectivity index (χ3n) is 3.21. The van der Waals surface area contributed by atoms with Crippen molar-refractivity contribution in [3.63, 3.8) is 0 Å². The molecule has 3 aromatic carbocycles. The summed E-state index contributed by atoms with van der Waals surface area (Å²) in [5.41, 5.74) is 0. The summed E-state index contributed by atoms with van der Waals surface area (Å²) in [4.78, 5) is 0.220. The minimum absolute atomic E-state index is 0.0203. The predicted octanol–water partition coefficient (Wildman–Crippen LogP) is 4.98. The molecular weight excluding hydrogens is 327 g/mol. The summed E-state index contributed by atoms with van der Waals surface area (Å²) in [6, 6.07) is 17.0. The van der Waals surface area contributed by atoms with Crippen molar-refractivity contribution in [3.8, 4) is 0 Å². The van der Waals surface area contributed by atoms with Gasteiger partial charge in [-0.1, -0.05) is 53.5 Å². The lowest BCUT2D eigenvalue weighted by atomic mass is 10.1. The molecule has 0 saturated carbocycles. The third-order valence-corrected chi connectivity index (χ3v) is 5.68. The van der Waals surface area contributed by atoms with Gasteiger partial charge >= 0.3 is 0 Å². The average molecular weight is 337 g/mol. The first-order valence-electron chi connectivity index (χ1n) is 6.17. The van der Waals surface area contributed by atoms with E-state index in [4.69, 9.17) is 23.2 Å². The van der Waals surface area contributed by atoms with E-state index in [0.717, 1.165) is 10.8 Å². The molecule has 0 N–H and O–H groups in total. The van der Waals surface area contributed by atoms with Crippen molar-refractivity contribution in [2.45, 2.75) is 9.79 Å². The molecule has 0 aromatic heterocycles. The first kappa shape index (κ1) is 14.4. The van der Waals surface area contributed by atoms with Crippen molar-refractivity contribution < 1.29 is 8.42 Å². The van der Waals surface area contributed by atoms with Crippen LogP contribution < -0.4 is 0 Å². The maximum atomic E-state index is 12.7. The highest BCUT2D eigenvalue weighted by atomic mass is 35.5. The van der Waals surface area contributed by atoms with E-state index < -0.39 is 9.84 Å². The highest BCUT2D eigenvalue weighted by Crippen LogP contribution is 2.31. The Balaban J connectivity index is 2.22. The fourth-order valence-corrected chi connectivity index (χ4v) is 4.19. The van der Waals surface area contributed by atoms with Crippen LogP contribution >= 0.6 is 23.2 Å². The van der Waals surface area contributed by atoms with Crippen molar-refractivity contribution >= 4 is 43.8 Å². The smallest absolute Gasteiger partial charge is 0.208 e. The van der Waals surface area contributed by atoms with Crippen LogP contribution in [0, 0.1) is 0 Å². The normalized spacial score (nSPS) is 11.7. The molecule has 0 radical (unpaired) electrons. The van der Waals surface area contributed by atoms with Gasteiger partial charge in [-0.05, 0) is 41.1 Å². The summed E-state index contributed by atoms with van der Waals surface area (Å²) in [7, 11) is -3.70. The number of benzene rings is 3. The second-order valence-corrected chi connectivity index (χ2v) is 7.35. The Morgan fingerprint density at radius 3 is 2.24 bits per heavy atom. The van der Waals surface area contributed by atoms with Crippen molar-refractivity contribution in [2.24, 2.45) is 0 Å². The van der Waals surface area contributed by atoms with Crippen LogP contribution in [-0.2, 0) is 9.84 Å². The summed E-state index contributed by atoms with van der Waals surface area (Å²) < 4.78 is 25.4. The van der Waals surface area contributed by atoms with E-state index >= 15 is 0 Å². The van der Waals surface area contributed by atoms with Gasteiger partial charge in [-0.2, -0.15) is 0 Å². The predicted molar refractivity (Wildman–Crippen MR) is 85.9 cm³/mol. The van der Waals surface area contributed by atoms with Gasteiger partial charge in [0, 0.05) is 5.02 Å². The lowest BCUT2D eigenvalue weighted by Crippen LogP contribution is -2.02. The van der Waals surface area contributed by atoms with Crippen molar-refractivity contribution in [2.75, 3.05) is 0 Å². The minimum Gasteiger partial charge on any atom is -0.218 e. The van der Waals surface area contributed by atoms with Crippen molar-refractivity contribution in [3.05, 3.63) is 70.7 Å². The summed E-state index contributed by atoms with van der Waals surface area (Å²) in [6.45, 7) is 0. The summed E-state index contributed by atoms with van der Waals surface area (Å²) >= 11 is 11.9. The number of rotatable bonds is 2. The molecule has 0 amide bonds. The van der Waals surface area contributed by atoms with Gasteiger partial charge in [0.15, 0.2) is 0 Å². The number of hydrogen-bond donors (Lipinski definition) is 0. The fraction of sp³-hybridized carbons (Fsp3) is 0. The topological polar surface area (TPSA) is 34.1 Å². The van der Waals surface area contributed by atoms with Gasteiger partial charge in [0.25, 0.3) is 0 Å².